The number of rotatable bonds is 7. The molecule has 1 fully saturated rings. The summed E-state index contributed by atoms with van der Waals surface area (Å²) in [6, 6.07) is 7.89. The Balaban J connectivity index is 1.41. The first-order valence-corrected chi connectivity index (χ1v) is 11.7. The Hall–Kier alpha value is -3.67. The summed E-state index contributed by atoms with van der Waals surface area (Å²) in [5.74, 6) is 0.226. The molecule has 0 aliphatic carbocycles. The summed E-state index contributed by atoms with van der Waals surface area (Å²) in [7, 11) is 1.56. The van der Waals surface area contributed by atoms with Crippen LogP contribution in [0.15, 0.2) is 35.5 Å². The van der Waals surface area contributed by atoms with E-state index in [9.17, 15) is 14.4 Å². The molecule has 178 valence electrons. The zero-order valence-electron chi connectivity index (χ0n) is 19.1. The van der Waals surface area contributed by atoms with E-state index in [1.165, 1.54) is 16.7 Å². The van der Waals surface area contributed by atoms with Gasteiger partial charge in [0, 0.05) is 30.2 Å². The van der Waals surface area contributed by atoms with E-state index in [2.05, 4.69) is 25.8 Å². The van der Waals surface area contributed by atoms with E-state index in [0.717, 1.165) is 11.4 Å². The lowest BCUT2D eigenvalue weighted by Crippen LogP contribution is -2.58. The Bertz CT molecular complexity index is 1230. The quantitative estimate of drug-likeness (QED) is 0.480. The summed E-state index contributed by atoms with van der Waals surface area (Å²) in [5, 5.41) is 14.3. The minimum Gasteiger partial charge on any atom is -0.497 e. The highest BCUT2D eigenvalue weighted by Gasteiger charge is 2.34. The van der Waals surface area contributed by atoms with Crippen molar-refractivity contribution in [1.29, 1.82) is 0 Å². The van der Waals surface area contributed by atoms with Crippen LogP contribution in [-0.2, 0) is 14.4 Å². The second kappa shape index (κ2) is 10.1. The fraction of sp³-hybridized carbons (Fsp3) is 0.364. The van der Waals surface area contributed by atoms with Crippen molar-refractivity contribution in [3.8, 4) is 5.75 Å². The highest BCUT2D eigenvalue weighted by Crippen LogP contribution is 2.21. The lowest BCUT2D eigenvalue weighted by atomic mass is 10.1. The van der Waals surface area contributed by atoms with Gasteiger partial charge in [-0.05, 0) is 44.2 Å². The van der Waals surface area contributed by atoms with Crippen LogP contribution in [0.1, 0.15) is 17.8 Å². The third-order valence-electron chi connectivity index (χ3n) is 5.39. The summed E-state index contributed by atoms with van der Waals surface area (Å²) in [6.45, 7) is 4.46. The number of nitrogens with zero attached hydrogens (tertiary/aromatic N) is 5. The number of methoxy groups -OCH3 is 1. The predicted molar refractivity (Wildman–Crippen MR) is 126 cm³/mol. The number of benzene rings is 1. The number of hydrogen-bond donors (Lipinski definition) is 2. The van der Waals surface area contributed by atoms with Crippen molar-refractivity contribution in [2.45, 2.75) is 31.5 Å². The van der Waals surface area contributed by atoms with Gasteiger partial charge in [0.2, 0.25) is 17.7 Å². The van der Waals surface area contributed by atoms with Crippen molar-refractivity contribution >= 4 is 40.9 Å². The van der Waals surface area contributed by atoms with Crippen molar-refractivity contribution in [3.05, 3.63) is 41.7 Å². The van der Waals surface area contributed by atoms with Crippen LogP contribution in [0.2, 0.25) is 0 Å². The van der Waals surface area contributed by atoms with Crippen LogP contribution in [0.5, 0.6) is 5.75 Å². The number of nitrogens with one attached hydrogen (secondary N) is 2. The highest BCUT2D eigenvalue weighted by atomic mass is 32.2. The van der Waals surface area contributed by atoms with Gasteiger partial charge in [-0.3, -0.25) is 18.8 Å². The number of fused-ring (bicyclic) bond motifs is 1. The molecule has 0 spiro atoms. The first-order valence-electron chi connectivity index (χ1n) is 10.7. The number of hydrogen-bond acceptors (Lipinski definition) is 8. The average Bonchev–Trinajstić information content (AvgIpc) is 3.22. The maximum atomic E-state index is 13.0. The lowest BCUT2D eigenvalue weighted by molar-refractivity contribution is -0.142. The van der Waals surface area contributed by atoms with E-state index in [0.29, 0.717) is 35.5 Å². The van der Waals surface area contributed by atoms with Crippen molar-refractivity contribution in [2.75, 3.05) is 31.3 Å². The SMILES string of the molecule is COc1ccc(NC(=O)C[C@@H]2C(=O)NCCN2C(=O)CSc2nnc3nc(C)cc(C)n23)cc1. The Labute approximate surface area is 200 Å². The van der Waals surface area contributed by atoms with Crippen LogP contribution in [0.4, 0.5) is 5.69 Å². The number of ether oxygens (including phenoxy) is 1. The molecule has 1 saturated heterocycles. The lowest BCUT2D eigenvalue weighted by Gasteiger charge is -2.34. The summed E-state index contributed by atoms with van der Waals surface area (Å²) in [4.78, 5) is 44.0. The Kier molecular flexibility index (Phi) is 6.96. The van der Waals surface area contributed by atoms with E-state index >= 15 is 0 Å². The van der Waals surface area contributed by atoms with Gasteiger partial charge in [-0.2, -0.15) is 0 Å². The van der Waals surface area contributed by atoms with Crippen LogP contribution in [0.25, 0.3) is 5.78 Å². The van der Waals surface area contributed by atoms with Gasteiger partial charge < -0.3 is 20.3 Å². The van der Waals surface area contributed by atoms with Gasteiger partial charge in [0.1, 0.15) is 11.8 Å². The Morgan fingerprint density at radius 1 is 1.24 bits per heavy atom. The van der Waals surface area contributed by atoms with Gasteiger partial charge in [-0.15, -0.1) is 10.2 Å². The number of aromatic nitrogens is 4. The molecular formula is C22H25N7O4S. The van der Waals surface area contributed by atoms with Crippen molar-refractivity contribution in [2.24, 2.45) is 0 Å². The van der Waals surface area contributed by atoms with Crippen LogP contribution >= 0.6 is 11.8 Å². The molecule has 34 heavy (non-hydrogen) atoms. The molecule has 0 unspecified atom stereocenters. The highest BCUT2D eigenvalue weighted by molar-refractivity contribution is 7.99. The molecule has 3 heterocycles. The normalized spacial score (nSPS) is 15.8. The maximum absolute atomic E-state index is 13.0. The van der Waals surface area contributed by atoms with Crippen molar-refractivity contribution in [1.82, 2.24) is 29.8 Å². The number of carbonyl (C=O) groups is 3. The summed E-state index contributed by atoms with van der Waals surface area (Å²) in [6.07, 6.45) is -0.148. The molecule has 2 aromatic heterocycles. The Morgan fingerprint density at radius 3 is 2.74 bits per heavy atom. The molecule has 1 atom stereocenters. The monoisotopic (exact) mass is 483 g/mol. The third kappa shape index (κ3) is 5.11. The molecule has 3 amide bonds. The molecule has 0 radical (unpaired) electrons. The number of piperazine rings is 1. The third-order valence-corrected chi connectivity index (χ3v) is 6.31. The minimum atomic E-state index is -0.888. The van der Waals surface area contributed by atoms with Crippen molar-refractivity contribution < 1.29 is 19.1 Å². The van der Waals surface area contributed by atoms with Gasteiger partial charge in [-0.25, -0.2) is 4.98 Å². The van der Waals surface area contributed by atoms with E-state index < -0.39 is 6.04 Å². The number of carbonyl (C=O) groups excluding carboxylic acids is 3. The molecule has 2 N–H and O–H groups in total. The van der Waals surface area contributed by atoms with Gasteiger partial charge in [-0.1, -0.05) is 11.8 Å². The zero-order chi connectivity index (χ0) is 24.2. The molecule has 0 saturated carbocycles. The van der Waals surface area contributed by atoms with Crippen LogP contribution in [0, 0.1) is 13.8 Å². The predicted octanol–water partition coefficient (Wildman–Crippen LogP) is 1.20. The molecule has 12 heteroatoms. The van der Waals surface area contributed by atoms with E-state index in [4.69, 9.17) is 4.74 Å². The fourth-order valence-electron chi connectivity index (χ4n) is 3.78. The molecule has 1 aromatic carbocycles. The topological polar surface area (TPSA) is 131 Å². The molecule has 4 rings (SSSR count). The molecule has 1 aliphatic heterocycles. The van der Waals surface area contributed by atoms with E-state index in [-0.39, 0.29) is 29.9 Å². The Morgan fingerprint density at radius 2 is 2.00 bits per heavy atom. The van der Waals surface area contributed by atoms with Crippen LogP contribution in [-0.4, -0.2) is 74.2 Å². The number of anilines is 1. The van der Waals surface area contributed by atoms with Gasteiger partial charge in [0.05, 0.1) is 19.3 Å². The molecule has 1 aliphatic rings. The number of amides is 3. The summed E-state index contributed by atoms with van der Waals surface area (Å²) < 4.78 is 6.90. The summed E-state index contributed by atoms with van der Waals surface area (Å²) in [5.41, 5.74) is 2.32. The van der Waals surface area contributed by atoms with Gasteiger partial charge in [0.15, 0.2) is 5.16 Å². The largest absolute Gasteiger partial charge is 0.497 e. The second-order valence-corrected chi connectivity index (χ2v) is 8.76. The molecule has 3 aromatic rings. The average molecular weight is 484 g/mol. The molecular weight excluding hydrogens is 458 g/mol. The van der Waals surface area contributed by atoms with Crippen LogP contribution < -0.4 is 15.4 Å². The number of aryl methyl sites for hydroxylation is 2. The molecule has 0 bridgehead atoms. The van der Waals surface area contributed by atoms with Gasteiger partial charge in [0.25, 0.3) is 5.78 Å². The smallest absolute Gasteiger partial charge is 0.256 e. The summed E-state index contributed by atoms with van der Waals surface area (Å²) >= 11 is 1.22. The second-order valence-electron chi connectivity index (χ2n) is 7.82. The zero-order valence-corrected chi connectivity index (χ0v) is 19.9. The number of thioether (sulfide) groups is 1. The first-order chi connectivity index (χ1) is 16.4. The maximum Gasteiger partial charge on any atom is 0.256 e. The van der Waals surface area contributed by atoms with E-state index in [1.807, 2.05) is 19.9 Å². The fourth-order valence-corrected chi connectivity index (χ4v) is 4.65. The van der Waals surface area contributed by atoms with Gasteiger partial charge >= 0.3 is 0 Å². The van der Waals surface area contributed by atoms with E-state index in [1.54, 1.807) is 35.8 Å². The first kappa shape index (κ1) is 23.5. The van der Waals surface area contributed by atoms with Crippen LogP contribution in [0.3, 0.4) is 0 Å². The molecule has 11 nitrogen and oxygen atoms in total. The standard InChI is InChI=1S/C22H25N7O4S/c1-13-10-14(2)29-21(24-13)26-27-22(29)34-12-19(31)28-9-8-23-20(32)17(28)11-18(30)25-15-4-6-16(33-3)7-5-15/h4-7,10,17H,8-9,11-12H2,1-3H3,(H,23,32)(H,25,30)/t17-/m1/s1. The minimum absolute atomic E-state index is 0.0536. The van der Waals surface area contributed by atoms with Crippen molar-refractivity contribution in [3.63, 3.8) is 0 Å².